The summed E-state index contributed by atoms with van der Waals surface area (Å²) in [4.78, 5) is 13.3. The van der Waals surface area contributed by atoms with Crippen LogP contribution >= 0.6 is 11.6 Å². The molecule has 3 atom stereocenters. The fourth-order valence-corrected chi connectivity index (χ4v) is 4.51. The van der Waals surface area contributed by atoms with Gasteiger partial charge in [0.05, 0.1) is 16.2 Å². The molecule has 1 aliphatic rings. The van der Waals surface area contributed by atoms with Gasteiger partial charge in [-0.15, -0.1) is 0 Å². The van der Waals surface area contributed by atoms with E-state index in [-0.39, 0.29) is 40.1 Å². The van der Waals surface area contributed by atoms with Gasteiger partial charge in [-0.25, -0.2) is 0 Å². The monoisotopic (exact) mass is 494 g/mol. The number of aryl methyl sites for hydroxylation is 1. The second-order valence-corrected chi connectivity index (χ2v) is 9.66. The van der Waals surface area contributed by atoms with Gasteiger partial charge in [0.2, 0.25) is 0 Å². The highest BCUT2D eigenvalue weighted by Crippen LogP contribution is 2.39. The Morgan fingerprint density at radius 1 is 1.09 bits per heavy atom. The third kappa shape index (κ3) is 5.77. The number of hydrogen-bond acceptors (Lipinski definition) is 3. The molecular weight excluding hydrogens is 465 g/mol. The molecule has 1 aliphatic carbocycles. The minimum Gasteiger partial charge on any atom is -0.511 e. The Hall–Kier alpha value is -2.47. The minimum atomic E-state index is -4.51. The van der Waals surface area contributed by atoms with E-state index in [0.717, 1.165) is 30.5 Å². The first kappa shape index (κ1) is 26.1. The molecule has 0 radical (unpaired) electrons. The smallest absolute Gasteiger partial charge is 0.416 e. The lowest BCUT2D eigenvalue weighted by atomic mass is 9.85. The van der Waals surface area contributed by atoms with Gasteiger partial charge < -0.3 is 9.84 Å². The Bertz CT molecular complexity index is 1090. The van der Waals surface area contributed by atoms with E-state index in [1.807, 2.05) is 20.8 Å². The molecule has 1 unspecified atom stereocenters. The normalized spacial score (nSPS) is 24.4. The van der Waals surface area contributed by atoms with Crippen molar-refractivity contribution in [1.29, 1.82) is 0 Å². The van der Waals surface area contributed by atoms with Gasteiger partial charge in [0.25, 0.3) is 0 Å². The van der Waals surface area contributed by atoms with E-state index in [4.69, 9.17) is 16.3 Å². The van der Waals surface area contributed by atoms with Crippen LogP contribution in [0.3, 0.4) is 0 Å². The highest BCUT2D eigenvalue weighted by atomic mass is 35.5. The predicted molar refractivity (Wildman–Crippen MR) is 128 cm³/mol. The average molecular weight is 495 g/mol. The van der Waals surface area contributed by atoms with Crippen LogP contribution in [0.2, 0.25) is 5.02 Å². The molecule has 34 heavy (non-hydrogen) atoms. The number of aliphatic hydroxyl groups excluding tert-OH is 1. The van der Waals surface area contributed by atoms with Crippen LogP contribution in [0.25, 0.3) is 5.57 Å². The van der Waals surface area contributed by atoms with Gasteiger partial charge in [0.15, 0.2) is 5.78 Å². The number of aliphatic hydroxyl groups is 1. The van der Waals surface area contributed by atoms with Crippen LogP contribution in [0.15, 0.2) is 42.2 Å². The van der Waals surface area contributed by atoms with Gasteiger partial charge in [0, 0.05) is 12.3 Å². The molecule has 0 saturated carbocycles. The molecule has 0 aliphatic heterocycles. The van der Waals surface area contributed by atoms with Crippen LogP contribution in [-0.2, 0) is 17.4 Å². The zero-order valence-electron chi connectivity index (χ0n) is 19.8. The number of halogens is 4. The number of alkyl halides is 3. The van der Waals surface area contributed by atoms with E-state index in [9.17, 15) is 23.1 Å². The lowest BCUT2D eigenvalue weighted by Crippen LogP contribution is -2.15. The molecule has 0 saturated heterocycles. The first-order valence-corrected chi connectivity index (χ1v) is 11.9. The van der Waals surface area contributed by atoms with Crippen LogP contribution in [0.1, 0.15) is 63.6 Å². The number of hydrogen-bond donors (Lipinski definition) is 1. The highest BCUT2D eigenvalue weighted by Gasteiger charge is 2.32. The van der Waals surface area contributed by atoms with Gasteiger partial charge in [-0.2, -0.15) is 13.2 Å². The van der Waals surface area contributed by atoms with Crippen LogP contribution in [0.5, 0.6) is 11.5 Å². The van der Waals surface area contributed by atoms with Gasteiger partial charge in [-0.05, 0) is 72.6 Å². The summed E-state index contributed by atoms with van der Waals surface area (Å²) >= 11 is 6.06. The molecule has 1 N–H and O–H groups in total. The van der Waals surface area contributed by atoms with Crippen molar-refractivity contribution in [2.45, 2.75) is 59.6 Å². The molecule has 3 nitrogen and oxygen atoms in total. The van der Waals surface area contributed by atoms with E-state index in [1.54, 1.807) is 18.2 Å². The zero-order valence-corrected chi connectivity index (χ0v) is 20.6. The maximum Gasteiger partial charge on any atom is 0.416 e. The SMILES string of the molecule is CCc1ccc(Oc2ccc(C(F)(F)F)cc2Cl)cc1/C1=C(\O)C(C)[C@@H](C)CC[C@@H](C)CC1=O. The van der Waals surface area contributed by atoms with Crippen molar-refractivity contribution in [3.8, 4) is 11.5 Å². The third-order valence-electron chi connectivity index (χ3n) is 6.69. The van der Waals surface area contributed by atoms with E-state index in [2.05, 4.69) is 6.92 Å². The second kappa shape index (κ2) is 10.4. The lowest BCUT2D eigenvalue weighted by Gasteiger charge is -2.22. The van der Waals surface area contributed by atoms with Gasteiger partial charge in [-0.1, -0.05) is 45.4 Å². The van der Waals surface area contributed by atoms with Crippen molar-refractivity contribution >= 4 is 23.0 Å². The summed E-state index contributed by atoms with van der Waals surface area (Å²) in [6.07, 6.45) is -1.72. The molecule has 0 bridgehead atoms. The van der Waals surface area contributed by atoms with Crippen molar-refractivity contribution in [2.75, 3.05) is 0 Å². The molecular formula is C27H30ClF3O3. The van der Waals surface area contributed by atoms with Crippen LogP contribution in [0, 0.1) is 17.8 Å². The number of benzene rings is 2. The maximum atomic E-state index is 13.3. The van der Waals surface area contributed by atoms with E-state index >= 15 is 0 Å². The number of Topliss-reactive ketones (excluding diaryl/α,β-unsaturated/α-hetero) is 1. The van der Waals surface area contributed by atoms with E-state index in [0.29, 0.717) is 29.7 Å². The number of carbonyl (C=O) groups excluding carboxylic acids is 1. The first-order valence-electron chi connectivity index (χ1n) is 11.6. The summed E-state index contributed by atoms with van der Waals surface area (Å²) in [5.74, 6) is 0.548. The quantitative estimate of drug-likeness (QED) is 0.462. The average Bonchev–Trinajstić information content (AvgIpc) is 2.80. The molecule has 7 heteroatoms. The Morgan fingerprint density at radius 2 is 1.79 bits per heavy atom. The molecule has 0 heterocycles. The molecule has 0 spiro atoms. The maximum absolute atomic E-state index is 13.3. The molecule has 0 aromatic heterocycles. The van der Waals surface area contributed by atoms with Crippen molar-refractivity contribution < 1.29 is 27.8 Å². The Kier molecular flexibility index (Phi) is 8.02. The minimum absolute atomic E-state index is 0.0690. The topological polar surface area (TPSA) is 46.5 Å². The standard InChI is InChI=1S/C27H30ClF3O3/c1-5-18-8-10-20(34-24-11-9-19(13-22(24)28)27(29,30)31)14-21(18)25-23(32)12-15(2)6-7-16(3)17(4)26(25)33/h8-11,13-17,33H,5-7,12H2,1-4H3/b26-25+/t15-,16+,17?/m1/s1. The Morgan fingerprint density at radius 3 is 2.41 bits per heavy atom. The number of carbonyl (C=O) groups is 1. The van der Waals surface area contributed by atoms with Crippen molar-refractivity contribution in [3.05, 3.63) is 63.9 Å². The molecule has 3 rings (SSSR count). The Labute approximate surface area is 203 Å². The van der Waals surface area contributed by atoms with Crippen LogP contribution in [0.4, 0.5) is 13.2 Å². The molecule has 2 aromatic rings. The Balaban J connectivity index is 2.06. The number of allylic oxidation sites excluding steroid dienone is 2. The molecule has 184 valence electrons. The molecule has 0 fully saturated rings. The third-order valence-corrected chi connectivity index (χ3v) is 6.98. The summed E-state index contributed by atoms with van der Waals surface area (Å²) in [6, 6.07) is 8.05. The van der Waals surface area contributed by atoms with Crippen molar-refractivity contribution in [3.63, 3.8) is 0 Å². The molecule has 2 aromatic carbocycles. The predicted octanol–water partition coefficient (Wildman–Crippen LogP) is 8.64. The summed E-state index contributed by atoms with van der Waals surface area (Å²) in [6.45, 7) is 8.01. The summed E-state index contributed by atoms with van der Waals surface area (Å²) in [5.41, 5.74) is 0.885. The van der Waals surface area contributed by atoms with Crippen LogP contribution in [-0.4, -0.2) is 10.9 Å². The van der Waals surface area contributed by atoms with Gasteiger partial charge in [-0.3, -0.25) is 4.79 Å². The summed E-state index contributed by atoms with van der Waals surface area (Å²) < 4.78 is 44.7. The summed E-state index contributed by atoms with van der Waals surface area (Å²) in [7, 11) is 0. The molecule has 0 amide bonds. The van der Waals surface area contributed by atoms with Gasteiger partial charge >= 0.3 is 6.18 Å². The van der Waals surface area contributed by atoms with Gasteiger partial charge in [0.1, 0.15) is 17.3 Å². The number of rotatable bonds is 4. The van der Waals surface area contributed by atoms with Crippen molar-refractivity contribution in [1.82, 2.24) is 0 Å². The number of ketones is 1. The largest absolute Gasteiger partial charge is 0.511 e. The number of ether oxygens (including phenoxy) is 1. The van der Waals surface area contributed by atoms with E-state index < -0.39 is 11.7 Å². The van der Waals surface area contributed by atoms with Crippen molar-refractivity contribution in [2.24, 2.45) is 17.8 Å². The first-order chi connectivity index (χ1) is 15.9. The fraction of sp³-hybridized carbons (Fsp3) is 0.444. The summed E-state index contributed by atoms with van der Waals surface area (Å²) in [5, 5.41) is 11.0. The zero-order chi connectivity index (χ0) is 25.2. The second-order valence-electron chi connectivity index (χ2n) is 9.25. The highest BCUT2D eigenvalue weighted by molar-refractivity contribution is 6.32. The fourth-order valence-electron chi connectivity index (χ4n) is 4.29. The van der Waals surface area contributed by atoms with E-state index in [1.165, 1.54) is 6.07 Å². The lowest BCUT2D eigenvalue weighted by molar-refractivity contribution is -0.137. The van der Waals surface area contributed by atoms with Crippen LogP contribution < -0.4 is 4.74 Å².